The third-order valence-electron chi connectivity index (χ3n) is 2.68. The van der Waals surface area contributed by atoms with E-state index in [1.54, 1.807) is 30.6 Å². The predicted molar refractivity (Wildman–Crippen MR) is 82.4 cm³/mol. The molecular formula is C16H12FNO3S. The van der Waals surface area contributed by atoms with Gasteiger partial charge in [0.1, 0.15) is 5.82 Å². The van der Waals surface area contributed by atoms with E-state index in [1.165, 1.54) is 18.2 Å². The third-order valence-corrected chi connectivity index (χ3v) is 3.71. The minimum absolute atomic E-state index is 0.204. The first-order valence-corrected chi connectivity index (χ1v) is 7.31. The number of carbonyl (C=O) groups is 2. The van der Waals surface area contributed by atoms with Gasteiger partial charge in [0.15, 0.2) is 5.78 Å². The summed E-state index contributed by atoms with van der Waals surface area (Å²) in [5, 5.41) is 8.58. The van der Waals surface area contributed by atoms with Crippen molar-refractivity contribution in [3.05, 3.63) is 65.7 Å². The molecule has 1 aromatic heterocycles. The molecule has 22 heavy (non-hydrogen) atoms. The van der Waals surface area contributed by atoms with E-state index >= 15 is 0 Å². The molecule has 0 spiro atoms. The van der Waals surface area contributed by atoms with Gasteiger partial charge in [-0.05, 0) is 42.0 Å². The number of carbonyl (C=O) groups excluding carboxylic acids is 1. The van der Waals surface area contributed by atoms with Gasteiger partial charge in [-0.3, -0.25) is 14.6 Å². The van der Waals surface area contributed by atoms with Crippen LogP contribution >= 0.6 is 11.8 Å². The molecule has 1 N–H and O–H groups in total. The maximum atomic E-state index is 13.8. The molecule has 0 amide bonds. The van der Waals surface area contributed by atoms with Crippen LogP contribution < -0.4 is 0 Å². The molecule has 2 rings (SSSR count). The number of hydrogen-bond donors (Lipinski definition) is 1. The summed E-state index contributed by atoms with van der Waals surface area (Å²) in [6, 6.07) is 7.54. The maximum absolute atomic E-state index is 13.8. The molecule has 0 atom stereocenters. The number of allylic oxidation sites excluding steroid dienone is 1. The van der Waals surface area contributed by atoms with Crippen LogP contribution in [-0.4, -0.2) is 27.6 Å². The monoisotopic (exact) mass is 317 g/mol. The molecule has 0 aliphatic heterocycles. The molecule has 0 unspecified atom stereocenters. The fourth-order valence-electron chi connectivity index (χ4n) is 1.65. The number of nitrogens with zero attached hydrogens (tertiary/aromatic N) is 1. The quantitative estimate of drug-likeness (QED) is 0.503. The van der Waals surface area contributed by atoms with Crippen molar-refractivity contribution >= 4 is 29.6 Å². The van der Waals surface area contributed by atoms with E-state index in [4.69, 9.17) is 5.11 Å². The fourth-order valence-corrected chi connectivity index (χ4v) is 2.29. The van der Waals surface area contributed by atoms with Crippen molar-refractivity contribution in [2.45, 2.75) is 4.90 Å². The Morgan fingerprint density at radius 2 is 2.14 bits per heavy atom. The molecule has 0 saturated heterocycles. The zero-order valence-corrected chi connectivity index (χ0v) is 12.2. The summed E-state index contributed by atoms with van der Waals surface area (Å²) in [7, 11) is 0. The molecule has 1 aromatic carbocycles. The highest BCUT2D eigenvalue weighted by Gasteiger charge is 2.09. The Kier molecular flexibility index (Phi) is 5.43. The minimum atomic E-state index is -1.02. The van der Waals surface area contributed by atoms with E-state index in [2.05, 4.69) is 4.98 Å². The summed E-state index contributed by atoms with van der Waals surface area (Å²) < 4.78 is 13.8. The molecule has 0 aliphatic rings. The van der Waals surface area contributed by atoms with Crippen molar-refractivity contribution in [1.29, 1.82) is 0 Å². The lowest BCUT2D eigenvalue weighted by Crippen LogP contribution is -2.00. The second-order valence-electron chi connectivity index (χ2n) is 4.31. The van der Waals surface area contributed by atoms with Crippen molar-refractivity contribution in [2.24, 2.45) is 0 Å². The number of carboxylic acid groups (broad SMARTS) is 1. The van der Waals surface area contributed by atoms with E-state index in [0.717, 1.165) is 23.4 Å². The Morgan fingerprint density at radius 1 is 1.32 bits per heavy atom. The number of hydrogen-bond acceptors (Lipinski definition) is 4. The van der Waals surface area contributed by atoms with Gasteiger partial charge in [0.2, 0.25) is 0 Å². The number of rotatable bonds is 6. The lowest BCUT2D eigenvalue weighted by molar-refractivity contribution is -0.133. The van der Waals surface area contributed by atoms with Gasteiger partial charge in [0.05, 0.1) is 5.75 Å². The van der Waals surface area contributed by atoms with Crippen LogP contribution in [0.3, 0.4) is 0 Å². The molecule has 4 nitrogen and oxygen atoms in total. The molecule has 2 aromatic rings. The summed E-state index contributed by atoms with van der Waals surface area (Å²) in [5.41, 5.74) is 0.974. The average molecular weight is 317 g/mol. The number of halogens is 1. The van der Waals surface area contributed by atoms with Crippen LogP contribution in [0.5, 0.6) is 0 Å². The molecular weight excluding hydrogens is 305 g/mol. The third kappa shape index (κ3) is 4.53. The van der Waals surface area contributed by atoms with E-state index in [1.807, 2.05) is 0 Å². The van der Waals surface area contributed by atoms with E-state index < -0.39 is 11.8 Å². The Balaban J connectivity index is 2.09. The van der Waals surface area contributed by atoms with Crippen LogP contribution in [0.2, 0.25) is 0 Å². The molecule has 0 aliphatic carbocycles. The molecule has 6 heteroatoms. The number of pyridine rings is 1. The van der Waals surface area contributed by atoms with Crippen LogP contribution in [0.4, 0.5) is 4.39 Å². The van der Waals surface area contributed by atoms with Crippen molar-refractivity contribution in [1.82, 2.24) is 4.98 Å². The van der Waals surface area contributed by atoms with Gasteiger partial charge in [-0.15, -0.1) is 11.8 Å². The van der Waals surface area contributed by atoms with Crippen LogP contribution in [0.1, 0.15) is 15.9 Å². The minimum Gasteiger partial charge on any atom is -0.481 e. The maximum Gasteiger partial charge on any atom is 0.313 e. The van der Waals surface area contributed by atoms with Crippen molar-refractivity contribution in [2.75, 3.05) is 5.75 Å². The number of aliphatic carboxylic acids is 1. The Morgan fingerprint density at radius 3 is 2.77 bits per heavy atom. The van der Waals surface area contributed by atoms with Gasteiger partial charge in [-0.2, -0.15) is 0 Å². The van der Waals surface area contributed by atoms with Crippen LogP contribution in [-0.2, 0) is 4.79 Å². The molecule has 0 saturated carbocycles. The summed E-state index contributed by atoms with van der Waals surface area (Å²) in [6.45, 7) is 0. The Hall–Kier alpha value is -2.47. The van der Waals surface area contributed by atoms with Crippen LogP contribution in [0.25, 0.3) is 6.08 Å². The van der Waals surface area contributed by atoms with Gasteiger partial charge in [-0.1, -0.05) is 6.07 Å². The standard InChI is InChI=1S/C16H12FNO3S/c17-13-8-12(4-6-15(13)22-10-16(20)21)14(19)5-3-11-2-1-7-18-9-11/h1-9H,10H2,(H,20,21)/b5-3-. The largest absolute Gasteiger partial charge is 0.481 e. The highest BCUT2D eigenvalue weighted by Crippen LogP contribution is 2.22. The van der Waals surface area contributed by atoms with E-state index in [-0.39, 0.29) is 22.0 Å². The molecule has 0 fully saturated rings. The average Bonchev–Trinajstić information content (AvgIpc) is 2.52. The molecule has 1 heterocycles. The number of thioether (sulfide) groups is 1. The fraction of sp³-hybridized carbons (Fsp3) is 0.0625. The predicted octanol–water partition coefficient (Wildman–Crippen LogP) is 3.29. The van der Waals surface area contributed by atoms with Crippen molar-refractivity contribution in [3.63, 3.8) is 0 Å². The number of aromatic nitrogens is 1. The second-order valence-corrected chi connectivity index (χ2v) is 5.33. The first kappa shape index (κ1) is 15.9. The molecule has 0 radical (unpaired) electrons. The highest BCUT2D eigenvalue weighted by atomic mass is 32.2. The Bertz CT molecular complexity index is 717. The SMILES string of the molecule is O=C(O)CSc1ccc(C(=O)/C=C\c2cccnc2)cc1F. The summed E-state index contributed by atoms with van der Waals surface area (Å²) in [4.78, 5) is 26.6. The van der Waals surface area contributed by atoms with Gasteiger partial charge < -0.3 is 5.11 Å². The number of ketones is 1. The zero-order valence-electron chi connectivity index (χ0n) is 11.4. The highest BCUT2D eigenvalue weighted by molar-refractivity contribution is 8.00. The van der Waals surface area contributed by atoms with Crippen molar-refractivity contribution in [3.8, 4) is 0 Å². The summed E-state index contributed by atoms with van der Waals surface area (Å²) in [5.74, 6) is -2.20. The zero-order chi connectivity index (χ0) is 15.9. The van der Waals surface area contributed by atoms with Gasteiger partial charge >= 0.3 is 5.97 Å². The lowest BCUT2D eigenvalue weighted by atomic mass is 10.1. The van der Waals surface area contributed by atoms with Gasteiger partial charge in [0.25, 0.3) is 0 Å². The van der Waals surface area contributed by atoms with E-state index in [0.29, 0.717) is 0 Å². The van der Waals surface area contributed by atoms with E-state index in [9.17, 15) is 14.0 Å². The smallest absolute Gasteiger partial charge is 0.313 e. The lowest BCUT2D eigenvalue weighted by Gasteiger charge is -2.03. The first-order chi connectivity index (χ1) is 10.6. The van der Waals surface area contributed by atoms with Gasteiger partial charge in [0, 0.05) is 22.9 Å². The normalized spacial score (nSPS) is 10.8. The first-order valence-electron chi connectivity index (χ1n) is 6.33. The van der Waals surface area contributed by atoms with Crippen LogP contribution in [0.15, 0.2) is 53.7 Å². The molecule has 112 valence electrons. The van der Waals surface area contributed by atoms with Crippen molar-refractivity contribution < 1.29 is 19.1 Å². The topological polar surface area (TPSA) is 67.3 Å². The summed E-state index contributed by atoms with van der Waals surface area (Å²) >= 11 is 0.874. The Labute approximate surface area is 130 Å². The number of benzene rings is 1. The summed E-state index contributed by atoms with van der Waals surface area (Å²) in [6.07, 6.45) is 6.17. The number of carboxylic acids is 1. The molecule has 0 bridgehead atoms. The van der Waals surface area contributed by atoms with Gasteiger partial charge in [-0.25, -0.2) is 4.39 Å². The second kappa shape index (κ2) is 7.51. The van der Waals surface area contributed by atoms with Crippen LogP contribution in [0, 0.1) is 5.82 Å².